The molecule has 0 aromatic heterocycles. The largest absolute Gasteiger partial charge is 0.425 e. The SMILES string of the molecule is C=C1NOC[C@]1(O)C(F)(F)F. The van der Waals surface area contributed by atoms with Gasteiger partial charge in [0.05, 0.1) is 5.70 Å². The van der Waals surface area contributed by atoms with Crippen molar-refractivity contribution < 1.29 is 23.1 Å². The third-order valence-corrected chi connectivity index (χ3v) is 1.44. The number of alkyl halides is 3. The summed E-state index contributed by atoms with van der Waals surface area (Å²) in [6.07, 6.45) is -4.74. The van der Waals surface area contributed by atoms with Crippen molar-refractivity contribution in [1.29, 1.82) is 0 Å². The van der Waals surface area contributed by atoms with Crippen molar-refractivity contribution in [1.82, 2.24) is 5.48 Å². The third kappa shape index (κ3) is 1.08. The van der Waals surface area contributed by atoms with E-state index >= 15 is 0 Å². The van der Waals surface area contributed by atoms with Gasteiger partial charge in [0, 0.05) is 0 Å². The first-order valence-corrected chi connectivity index (χ1v) is 2.74. The first-order valence-electron chi connectivity index (χ1n) is 2.74. The number of aliphatic hydroxyl groups is 1. The summed E-state index contributed by atoms with van der Waals surface area (Å²) in [4.78, 5) is 4.18. The van der Waals surface area contributed by atoms with Crippen molar-refractivity contribution in [3.8, 4) is 0 Å². The lowest BCUT2D eigenvalue weighted by molar-refractivity contribution is -0.244. The summed E-state index contributed by atoms with van der Waals surface area (Å²) in [5.41, 5.74) is -1.66. The average molecular weight is 169 g/mol. The molecule has 0 unspecified atom stereocenters. The molecule has 0 aromatic carbocycles. The molecule has 0 aliphatic carbocycles. The Bertz CT molecular complexity index is 191. The van der Waals surface area contributed by atoms with Crippen LogP contribution in [0, 0.1) is 0 Å². The third-order valence-electron chi connectivity index (χ3n) is 1.44. The predicted molar refractivity (Wildman–Crippen MR) is 29.2 cm³/mol. The van der Waals surface area contributed by atoms with Gasteiger partial charge in [0.25, 0.3) is 0 Å². The van der Waals surface area contributed by atoms with Gasteiger partial charge in [-0.2, -0.15) is 13.2 Å². The normalized spacial score (nSPS) is 32.2. The molecular formula is C5H6F3NO2. The molecule has 1 heterocycles. The van der Waals surface area contributed by atoms with Crippen LogP contribution in [0.2, 0.25) is 0 Å². The van der Waals surface area contributed by atoms with Gasteiger partial charge in [0.1, 0.15) is 6.61 Å². The van der Waals surface area contributed by atoms with Crippen LogP contribution in [-0.4, -0.2) is 23.5 Å². The molecule has 1 rings (SSSR count). The Balaban J connectivity index is 2.90. The summed E-state index contributed by atoms with van der Waals surface area (Å²) in [6.45, 7) is 2.12. The quantitative estimate of drug-likeness (QED) is 0.549. The maximum Gasteiger partial charge on any atom is 0.425 e. The molecule has 0 radical (unpaired) electrons. The van der Waals surface area contributed by atoms with Crippen LogP contribution in [0.5, 0.6) is 0 Å². The van der Waals surface area contributed by atoms with Gasteiger partial charge in [-0.15, -0.1) is 0 Å². The zero-order chi connectivity index (χ0) is 8.70. The van der Waals surface area contributed by atoms with Gasteiger partial charge in [0.15, 0.2) is 0 Å². The second kappa shape index (κ2) is 2.12. The number of hydrogen-bond acceptors (Lipinski definition) is 3. The van der Waals surface area contributed by atoms with E-state index in [2.05, 4.69) is 11.4 Å². The Labute approximate surface area is 60.4 Å². The highest BCUT2D eigenvalue weighted by Crippen LogP contribution is 2.37. The summed E-state index contributed by atoms with van der Waals surface area (Å²) in [5, 5.41) is 8.88. The number of rotatable bonds is 0. The highest BCUT2D eigenvalue weighted by Gasteiger charge is 2.59. The molecule has 1 saturated heterocycles. The molecule has 1 fully saturated rings. The molecule has 6 heteroatoms. The lowest BCUT2D eigenvalue weighted by Gasteiger charge is -2.23. The minimum absolute atomic E-state index is 0.579. The minimum atomic E-state index is -4.74. The van der Waals surface area contributed by atoms with Crippen LogP contribution >= 0.6 is 0 Å². The smallest absolute Gasteiger partial charge is 0.373 e. The average Bonchev–Trinajstić information content (AvgIpc) is 2.12. The van der Waals surface area contributed by atoms with E-state index in [0.29, 0.717) is 0 Å². The fraction of sp³-hybridized carbons (Fsp3) is 0.600. The molecule has 2 N–H and O–H groups in total. The van der Waals surface area contributed by atoms with E-state index in [1.165, 1.54) is 0 Å². The molecule has 1 atom stereocenters. The van der Waals surface area contributed by atoms with Crippen LogP contribution in [0.15, 0.2) is 12.3 Å². The number of hydroxylamine groups is 1. The molecular weight excluding hydrogens is 163 g/mol. The first kappa shape index (κ1) is 8.35. The molecule has 0 aromatic rings. The van der Waals surface area contributed by atoms with Crippen molar-refractivity contribution in [2.24, 2.45) is 0 Å². The van der Waals surface area contributed by atoms with Crippen LogP contribution in [0.3, 0.4) is 0 Å². The molecule has 1 aliphatic rings. The van der Waals surface area contributed by atoms with Crippen molar-refractivity contribution in [3.05, 3.63) is 12.3 Å². The van der Waals surface area contributed by atoms with Crippen LogP contribution in [0.25, 0.3) is 0 Å². The molecule has 64 valence electrons. The van der Waals surface area contributed by atoms with Gasteiger partial charge in [-0.1, -0.05) is 6.58 Å². The van der Waals surface area contributed by atoms with Crippen molar-refractivity contribution >= 4 is 0 Å². The first-order chi connectivity index (χ1) is 4.88. The maximum atomic E-state index is 12.0. The Morgan fingerprint density at radius 2 is 2.18 bits per heavy atom. The van der Waals surface area contributed by atoms with Crippen LogP contribution < -0.4 is 5.48 Å². The van der Waals surface area contributed by atoms with Crippen molar-refractivity contribution in [2.75, 3.05) is 6.61 Å². The molecule has 0 amide bonds. The Hall–Kier alpha value is -0.750. The van der Waals surface area contributed by atoms with Gasteiger partial charge in [-0.05, 0) is 0 Å². The second-order valence-corrected chi connectivity index (χ2v) is 2.23. The highest BCUT2D eigenvalue weighted by molar-refractivity contribution is 5.16. The molecule has 1 aliphatic heterocycles. The lowest BCUT2D eigenvalue weighted by atomic mass is 10.0. The Morgan fingerprint density at radius 1 is 1.64 bits per heavy atom. The van der Waals surface area contributed by atoms with E-state index in [-0.39, 0.29) is 0 Å². The van der Waals surface area contributed by atoms with E-state index in [0.717, 1.165) is 0 Å². The van der Waals surface area contributed by atoms with E-state index < -0.39 is 24.1 Å². The minimum Gasteiger partial charge on any atom is -0.373 e. The van der Waals surface area contributed by atoms with Gasteiger partial charge in [-0.3, -0.25) is 10.3 Å². The van der Waals surface area contributed by atoms with E-state index in [1.807, 2.05) is 5.48 Å². The zero-order valence-corrected chi connectivity index (χ0v) is 5.40. The highest BCUT2D eigenvalue weighted by atomic mass is 19.4. The molecule has 0 saturated carbocycles. The Morgan fingerprint density at radius 3 is 2.36 bits per heavy atom. The fourth-order valence-corrected chi connectivity index (χ4v) is 0.652. The Kier molecular flexibility index (Phi) is 1.61. The lowest BCUT2D eigenvalue weighted by Crippen LogP contribution is -2.47. The summed E-state index contributed by atoms with van der Waals surface area (Å²) in [6, 6.07) is 0. The second-order valence-electron chi connectivity index (χ2n) is 2.23. The molecule has 11 heavy (non-hydrogen) atoms. The standard InChI is InChI=1S/C5H6F3NO2/c1-3-4(10,2-11-9-3)5(6,7)8/h9-10H,1-2H2/t4-/m1/s1. The topological polar surface area (TPSA) is 41.5 Å². The summed E-state index contributed by atoms with van der Waals surface area (Å²) >= 11 is 0. The van der Waals surface area contributed by atoms with E-state index in [1.54, 1.807) is 0 Å². The zero-order valence-electron chi connectivity index (χ0n) is 5.40. The van der Waals surface area contributed by atoms with Gasteiger partial charge in [0.2, 0.25) is 5.60 Å². The monoisotopic (exact) mass is 169 g/mol. The van der Waals surface area contributed by atoms with Crippen LogP contribution in [0.4, 0.5) is 13.2 Å². The molecule has 0 bridgehead atoms. The summed E-state index contributed by atoms with van der Waals surface area (Å²) in [7, 11) is 0. The number of nitrogens with one attached hydrogen (secondary N) is 1. The predicted octanol–water partition coefficient (Wildman–Crippen LogP) is 0.328. The van der Waals surface area contributed by atoms with Crippen LogP contribution in [0.1, 0.15) is 0 Å². The number of halogens is 3. The molecule has 0 spiro atoms. The van der Waals surface area contributed by atoms with Gasteiger partial charge >= 0.3 is 6.18 Å². The van der Waals surface area contributed by atoms with Crippen molar-refractivity contribution in [2.45, 2.75) is 11.8 Å². The van der Waals surface area contributed by atoms with Gasteiger partial charge in [-0.25, -0.2) is 0 Å². The van der Waals surface area contributed by atoms with E-state index in [9.17, 15) is 13.2 Å². The van der Waals surface area contributed by atoms with Gasteiger partial charge < -0.3 is 5.11 Å². The maximum absolute atomic E-state index is 12.0. The fourth-order valence-electron chi connectivity index (χ4n) is 0.652. The van der Waals surface area contributed by atoms with Crippen molar-refractivity contribution in [3.63, 3.8) is 0 Å². The van der Waals surface area contributed by atoms with Crippen LogP contribution in [-0.2, 0) is 4.84 Å². The summed E-state index contributed by atoms with van der Waals surface area (Å²) < 4.78 is 35.9. The number of hydrogen-bond donors (Lipinski definition) is 2. The van der Waals surface area contributed by atoms with E-state index in [4.69, 9.17) is 5.11 Å². The molecule has 3 nitrogen and oxygen atoms in total. The summed E-state index contributed by atoms with van der Waals surface area (Å²) in [5.74, 6) is 0.